The highest BCUT2D eigenvalue weighted by Gasteiger charge is 2.30. The first-order chi connectivity index (χ1) is 12.1. The molecule has 2 fully saturated rings. The van der Waals surface area contributed by atoms with Crippen LogP contribution in [0.4, 0.5) is 5.69 Å². The van der Waals surface area contributed by atoms with E-state index in [0.29, 0.717) is 22.7 Å². The number of benzene rings is 1. The third kappa shape index (κ3) is 5.19. The first kappa shape index (κ1) is 18.2. The molecule has 25 heavy (non-hydrogen) atoms. The van der Waals surface area contributed by atoms with Crippen molar-refractivity contribution in [3.63, 3.8) is 0 Å². The minimum Gasteiger partial charge on any atom is -0.345 e. The molecule has 1 aromatic carbocycles. The summed E-state index contributed by atoms with van der Waals surface area (Å²) in [4.78, 5) is 24.3. The normalized spacial score (nSPS) is 24.5. The van der Waals surface area contributed by atoms with Crippen LogP contribution in [0.2, 0.25) is 5.02 Å². The Morgan fingerprint density at radius 2 is 1.72 bits per heavy atom. The van der Waals surface area contributed by atoms with E-state index < -0.39 is 11.8 Å². The van der Waals surface area contributed by atoms with Gasteiger partial charge in [0.25, 0.3) is 0 Å². The summed E-state index contributed by atoms with van der Waals surface area (Å²) in [6.07, 6.45) is 8.28. The average molecular weight is 364 g/mol. The van der Waals surface area contributed by atoms with Gasteiger partial charge in [0.2, 0.25) is 0 Å². The standard InChI is InChI=1S/C19H26ClN3O2/c20-14-6-8-15(9-7-14)22-18(24)19(25)23-16-10-11-21-17(12-16)13-4-2-1-3-5-13/h6-9,13,16-17,21H,1-5,10-12H2,(H,22,24)(H,23,25). The highest BCUT2D eigenvalue weighted by atomic mass is 35.5. The molecule has 2 unspecified atom stereocenters. The van der Waals surface area contributed by atoms with E-state index in [1.165, 1.54) is 32.1 Å². The fourth-order valence-electron chi connectivity index (χ4n) is 3.95. The highest BCUT2D eigenvalue weighted by Crippen LogP contribution is 2.29. The molecule has 1 saturated carbocycles. The Bertz CT molecular complexity index is 599. The fraction of sp³-hybridized carbons (Fsp3) is 0.579. The van der Waals surface area contributed by atoms with Crippen molar-refractivity contribution in [2.45, 2.75) is 57.0 Å². The van der Waals surface area contributed by atoms with Crippen molar-refractivity contribution in [3.05, 3.63) is 29.3 Å². The number of hydrogen-bond acceptors (Lipinski definition) is 3. The molecule has 136 valence electrons. The van der Waals surface area contributed by atoms with Crippen LogP contribution in [-0.2, 0) is 9.59 Å². The van der Waals surface area contributed by atoms with Gasteiger partial charge >= 0.3 is 11.8 Å². The Morgan fingerprint density at radius 3 is 2.44 bits per heavy atom. The lowest BCUT2D eigenvalue weighted by atomic mass is 9.80. The Balaban J connectivity index is 1.49. The maximum absolute atomic E-state index is 12.2. The lowest BCUT2D eigenvalue weighted by molar-refractivity contribution is -0.136. The van der Waals surface area contributed by atoms with Gasteiger partial charge in [-0.2, -0.15) is 0 Å². The van der Waals surface area contributed by atoms with Gasteiger partial charge in [0.1, 0.15) is 0 Å². The monoisotopic (exact) mass is 363 g/mol. The SMILES string of the molecule is O=C(Nc1ccc(Cl)cc1)C(=O)NC1CCNC(C2CCCCC2)C1. The van der Waals surface area contributed by atoms with Crippen LogP contribution in [0.15, 0.2) is 24.3 Å². The first-order valence-electron chi connectivity index (χ1n) is 9.22. The summed E-state index contributed by atoms with van der Waals surface area (Å²) >= 11 is 5.82. The summed E-state index contributed by atoms with van der Waals surface area (Å²) in [6, 6.07) is 7.23. The minimum atomic E-state index is -0.630. The molecular weight excluding hydrogens is 338 g/mol. The zero-order valence-corrected chi connectivity index (χ0v) is 15.1. The molecular formula is C19H26ClN3O2. The lowest BCUT2D eigenvalue weighted by Crippen LogP contribution is -2.52. The number of amides is 2. The van der Waals surface area contributed by atoms with E-state index in [1.54, 1.807) is 24.3 Å². The molecule has 6 heteroatoms. The van der Waals surface area contributed by atoms with Crippen LogP contribution in [0, 0.1) is 5.92 Å². The topological polar surface area (TPSA) is 70.2 Å². The van der Waals surface area contributed by atoms with Crippen molar-refractivity contribution in [1.29, 1.82) is 0 Å². The quantitative estimate of drug-likeness (QED) is 0.723. The lowest BCUT2D eigenvalue weighted by Gasteiger charge is -2.37. The van der Waals surface area contributed by atoms with Gasteiger partial charge in [-0.15, -0.1) is 0 Å². The summed E-state index contributed by atoms with van der Waals surface area (Å²) in [7, 11) is 0. The van der Waals surface area contributed by atoms with Crippen molar-refractivity contribution >= 4 is 29.1 Å². The summed E-state index contributed by atoms with van der Waals surface area (Å²) in [5, 5.41) is 9.70. The predicted octanol–water partition coefficient (Wildman–Crippen LogP) is 3.10. The number of halogens is 1. The van der Waals surface area contributed by atoms with Crippen molar-refractivity contribution in [1.82, 2.24) is 10.6 Å². The summed E-state index contributed by atoms with van der Waals surface area (Å²) in [5.74, 6) is -0.490. The number of rotatable bonds is 3. The second kappa shape index (κ2) is 8.68. The first-order valence-corrected chi connectivity index (χ1v) is 9.60. The summed E-state index contributed by atoms with van der Waals surface area (Å²) in [5.41, 5.74) is 0.565. The molecule has 2 aliphatic rings. The molecule has 1 saturated heterocycles. The zero-order valence-electron chi connectivity index (χ0n) is 14.4. The zero-order chi connectivity index (χ0) is 17.6. The van der Waals surface area contributed by atoms with E-state index in [0.717, 1.165) is 19.4 Å². The van der Waals surface area contributed by atoms with Crippen LogP contribution in [0.3, 0.4) is 0 Å². The molecule has 1 aliphatic heterocycles. The smallest absolute Gasteiger partial charge is 0.313 e. The molecule has 2 atom stereocenters. The molecule has 2 amide bonds. The second-order valence-electron chi connectivity index (χ2n) is 7.11. The fourth-order valence-corrected chi connectivity index (χ4v) is 4.08. The molecule has 5 nitrogen and oxygen atoms in total. The number of piperidine rings is 1. The van der Waals surface area contributed by atoms with Gasteiger partial charge in [0.05, 0.1) is 0 Å². The van der Waals surface area contributed by atoms with E-state index in [4.69, 9.17) is 11.6 Å². The van der Waals surface area contributed by atoms with Gasteiger partial charge in [-0.1, -0.05) is 30.9 Å². The minimum absolute atomic E-state index is 0.0663. The largest absolute Gasteiger partial charge is 0.345 e. The molecule has 0 aromatic heterocycles. The van der Waals surface area contributed by atoms with Crippen LogP contribution in [0.25, 0.3) is 0 Å². The molecule has 0 radical (unpaired) electrons. The number of carbonyl (C=O) groups excluding carboxylic acids is 2. The maximum atomic E-state index is 12.2. The molecule has 0 bridgehead atoms. The van der Waals surface area contributed by atoms with Crippen LogP contribution in [-0.4, -0.2) is 30.4 Å². The van der Waals surface area contributed by atoms with Crippen molar-refractivity contribution in [2.75, 3.05) is 11.9 Å². The molecule has 0 spiro atoms. The van der Waals surface area contributed by atoms with E-state index in [-0.39, 0.29) is 6.04 Å². The highest BCUT2D eigenvalue weighted by molar-refractivity contribution is 6.39. The predicted molar refractivity (Wildman–Crippen MR) is 99.6 cm³/mol. The third-order valence-electron chi connectivity index (χ3n) is 5.30. The molecule has 1 aromatic rings. The Labute approximate surface area is 153 Å². The van der Waals surface area contributed by atoms with E-state index >= 15 is 0 Å². The number of anilines is 1. The Hall–Kier alpha value is -1.59. The number of carbonyl (C=O) groups is 2. The van der Waals surface area contributed by atoms with E-state index in [2.05, 4.69) is 16.0 Å². The van der Waals surface area contributed by atoms with Crippen molar-refractivity contribution in [2.24, 2.45) is 5.92 Å². The Kier molecular flexibility index (Phi) is 6.32. The third-order valence-corrected chi connectivity index (χ3v) is 5.55. The van der Waals surface area contributed by atoms with Gasteiger partial charge in [-0.3, -0.25) is 9.59 Å². The molecule has 3 rings (SSSR count). The van der Waals surface area contributed by atoms with Crippen LogP contribution in [0.1, 0.15) is 44.9 Å². The maximum Gasteiger partial charge on any atom is 0.313 e. The van der Waals surface area contributed by atoms with Crippen molar-refractivity contribution < 1.29 is 9.59 Å². The average Bonchev–Trinajstić information content (AvgIpc) is 2.64. The summed E-state index contributed by atoms with van der Waals surface area (Å²) < 4.78 is 0. The van der Waals surface area contributed by atoms with Gasteiger partial charge in [0.15, 0.2) is 0 Å². The second-order valence-corrected chi connectivity index (χ2v) is 7.55. The van der Waals surface area contributed by atoms with Gasteiger partial charge in [0, 0.05) is 22.8 Å². The van der Waals surface area contributed by atoms with Gasteiger partial charge < -0.3 is 16.0 Å². The molecule has 1 heterocycles. The van der Waals surface area contributed by atoms with E-state index in [1.807, 2.05) is 0 Å². The van der Waals surface area contributed by atoms with E-state index in [9.17, 15) is 9.59 Å². The molecule has 1 aliphatic carbocycles. The molecule has 3 N–H and O–H groups in total. The Morgan fingerprint density at radius 1 is 1.00 bits per heavy atom. The number of hydrogen-bond donors (Lipinski definition) is 3. The summed E-state index contributed by atoms with van der Waals surface area (Å²) in [6.45, 7) is 0.894. The van der Waals surface area contributed by atoms with Crippen molar-refractivity contribution in [3.8, 4) is 0 Å². The number of nitrogens with one attached hydrogen (secondary N) is 3. The van der Waals surface area contributed by atoms with Crippen LogP contribution >= 0.6 is 11.6 Å². The van der Waals surface area contributed by atoms with Gasteiger partial charge in [-0.25, -0.2) is 0 Å². The van der Waals surface area contributed by atoms with Gasteiger partial charge in [-0.05, 0) is 62.4 Å². The van der Waals surface area contributed by atoms with Crippen LogP contribution in [0.5, 0.6) is 0 Å². The van der Waals surface area contributed by atoms with Crippen LogP contribution < -0.4 is 16.0 Å².